The van der Waals surface area contributed by atoms with Crippen molar-refractivity contribution < 1.29 is 29.6 Å². The Morgan fingerprint density at radius 3 is 2.31 bits per heavy atom. The Morgan fingerprint density at radius 2 is 1.77 bits per heavy atom. The van der Waals surface area contributed by atoms with Crippen LogP contribution in [-0.2, 0) is 16.0 Å². The third kappa shape index (κ3) is 4.12. The summed E-state index contributed by atoms with van der Waals surface area (Å²) in [6.07, 6.45) is -1.11. The summed E-state index contributed by atoms with van der Waals surface area (Å²) in [7, 11) is 0. The number of aromatic hydroxyl groups is 2. The van der Waals surface area contributed by atoms with Gasteiger partial charge in [0.15, 0.2) is 17.0 Å². The maximum absolute atomic E-state index is 12.3. The zero-order valence-electron chi connectivity index (χ0n) is 14.3. The normalized spacial score (nSPS) is 14.2. The minimum absolute atomic E-state index is 0.186. The number of ether oxygens (including phenoxy) is 1. The van der Waals surface area contributed by atoms with Crippen LogP contribution in [0.5, 0.6) is 11.5 Å². The van der Waals surface area contributed by atoms with Crippen molar-refractivity contribution in [1.29, 1.82) is 0 Å². The van der Waals surface area contributed by atoms with E-state index < -0.39 is 23.6 Å². The number of carboxylic acids is 1. The van der Waals surface area contributed by atoms with Gasteiger partial charge in [-0.3, -0.25) is 4.79 Å². The van der Waals surface area contributed by atoms with Crippen LogP contribution in [0.4, 0.5) is 0 Å². The molecule has 0 spiro atoms. The molecule has 2 aromatic carbocycles. The minimum atomic E-state index is -1.90. The number of hydrogen-bond acceptors (Lipinski definition) is 6. The minimum Gasteiger partial charge on any atom is -0.504 e. The molecular weight excluding hydrogens is 338 g/mol. The Bertz CT molecular complexity index is 792. The predicted octanol–water partition coefficient (Wildman–Crippen LogP) is 2.06. The summed E-state index contributed by atoms with van der Waals surface area (Å²) in [4.78, 5) is 24.2. The van der Waals surface area contributed by atoms with Crippen LogP contribution >= 0.6 is 0 Å². The van der Waals surface area contributed by atoms with Crippen LogP contribution in [0.3, 0.4) is 0 Å². The standard InChI is InChI=1S/C19H21NO6/c1-2-16(26-17(23)13-6-4-3-5-7-13)19(20,18(24)25)11-12-8-9-14(21)15(22)10-12/h3-10,16,21-22H,2,11,20H2,1H3,(H,24,25). The summed E-state index contributed by atoms with van der Waals surface area (Å²) in [6, 6.07) is 12.1. The number of carbonyl (C=O) groups is 2. The molecule has 0 saturated heterocycles. The molecule has 138 valence electrons. The van der Waals surface area contributed by atoms with Crippen molar-refractivity contribution in [2.75, 3.05) is 0 Å². The molecule has 0 aliphatic heterocycles. The van der Waals surface area contributed by atoms with Gasteiger partial charge in [-0.15, -0.1) is 0 Å². The Hall–Kier alpha value is -3.06. The van der Waals surface area contributed by atoms with Crippen LogP contribution in [0.25, 0.3) is 0 Å². The van der Waals surface area contributed by atoms with Gasteiger partial charge in [-0.05, 0) is 36.2 Å². The first-order chi connectivity index (χ1) is 12.3. The lowest BCUT2D eigenvalue weighted by atomic mass is 9.84. The highest BCUT2D eigenvalue weighted by Gasteiger charge is 2.44. The molecule has 2 unspecified atom stereocenters. The first-order valence-electron chi connectivity index (χ1n) is 8.07. The van der Waals surface area contributed by atoms with Gasteiger partial charge in [0.2, 0.25) is 0 Å². The third-order valence-corrected chi connectivity index (χ3v) is 4.14. The van der Waals surface area contributed by atoms with Crippen molar-refractivity contribution in [2.24, 2.45) is 5.73 Å². The number of aliphatic carboxylic acids is 1. The molecule has 0 radical (unpaired) electrons. The van der Waals surface area contributed by atoms with Gasteiger partial charge < -0.3 is 25.8 Å². The molecule has 2 rings (SSSR count). The Labute approximate surface area is 150 Å². The molecule has 0 aromatic heterocycles. The van der Waals surface area contributed by atoms with Gasteiger partial charge >= 0.3 is 11.9 Å². The summed E-state index contributed by atoms with van der Waals surface area (Å²) in [5, 5.41) is 28.7. The fraction of sp³-hybridized carbons (Fsp3) is 0.263. The zero-order chi connectivity index (χ0) is 19.3. The number of nitrogens with two attached hydrogens (primary N) is 1. The molecule has 2 atom stereocenters. The molecule has 0 saturated carbocycles. The van der Waals surface area contributed by atoms with Gasteiger partial charge in [-0.1, -0.05) is 31.2 Å². The number of carbonyl (C=O) groups excluding carboxylic acids is 1. The molecule has 0 heterocycles. The molecule has 0 bridgehead atoms. The van der Waals surface area contributed by atoms with E-state index in [2.05, 4.69) is 0 Å². The highest BCUT2D eigenvalue weighted by Crippen LogP contribution is 2.28. The Balaban J connectivity index is 2.27. The second-order valence-electron chi connectivity index (χ2n) is 6.01. The van der Waals surface area contributed by atoms with Gasteiger partial charge in [-0.2, -0.15) is 0 Å². The molecule has 0 aliphatic rings. The average Bonchev–Trinajstić information content (AvgIpc) is 2.63. The van der Waals surface area contributed by atoms with Crippen molar-refractivity contribution in [1.82, 2.24) is 0 Å². The quantitative estimate of drug-likeness (QED) is 0.440. The molecule has 7 nitrogen and oxygen atoms in total. The smallest absolute Gasteiger partial charge is 0.338 e. The number of phenols is 2. The number of phenolic OH excluding ortho intramolecular Hbond substituents is 2. The largest absolute Gasteiger partial charge is 0.504 e. The first kappa shape index (κ1) is 19.3. The molecular formula is C19H21NO6. The van der Waals surface area contributed by atoms with Crippen molar-refractivity contribution in [2.45, 2.75) is 31.4 Å². The van der Waals surface area contributed by atoms with Crippen LogP contribution in [0, 0.1) is 0 Å². The fourth-order valence-corrected chi connectivity index (χ4v) is 2.67. The molecule has 0 aliphatic carbocycles. The van der Waals surface area contributed by atoms with Crippen molar-refractivity contribution in [3.8, 4) is 11.5 Å². The zero-order valence-corrected chi connectivity index (χ0v) is 14.3. The average molecular weight is 359 g/mol. The second-order valence-corrected chi connectivity index (χ2v) is 6.01. The van der Waals surface area contributed by atoms with Gasteiger partial charge in [0.25, 0.3) is 0 Å². The van der Waals surface area contributed by atoms with Gasteiger partial charge in [0.1, 0.15) is 6.10 Å². The summed E-state index contributed by atoms with van der Waals surface area (Å²) in [6.45, 7) is 1.67. The molecule has 2 aromatic rings. The van der Waals surface area contributed by atoms with E-state index >= 15 is 0 Å². The maximum Gasteiger partial charge on any atom is 0.338 e. The van der Waals surface area contributed by atoms with E-state index in [4.69, 9.17) is 10.5 Å². The van der Waals surface area contributed by atoms with Gasteiger partial charge in [-0.25, -0.2) is 4.79 Å². The van der Waals surface area contributed by atoms with Gasteiger partial charge in [0, 0.05) is 6.42 Å². The number of benzene rings is 2. The highest BCUT2D eigenvalue weighted by molar-refractivity contribution is 5.90. The van der Waals surface area contributed by atoms with E-state index in [0.717, 1.165) is 0 Å². The molecule has 0 amide bonds. The molecule has 26 heavy (non-hydrogen) atoms. The summed E-state index contributed by atoms with van der Waals surface area (Å²) in [5.41, 5.74) is 4.90. The van der Waals surface area contributed by atoms with Crippen molar-refractivity contribution in [3.05, 3.63) is 59.7 Å². The van der Waals surface area contributed by atoms with E-state index in [1.807, 2.05) is 0 Å². The van der Waals surface area contributed by atoms with E-state index in [0.29, 0.717) is 11.1 Å². The third-order valence-electron chi connectivity index (χ3n) is 4.14. The van der Waals surface area contributed by atoms with E-state index in [9.17, 15) is 24.9 Å². The predicted molar refractivity (Wildman–Crippen MR) is 94.0 cm³/mol. The SMILES string of the molecule is CCC(OC(=O)c1ccccc1)C(N)(Cc1ccc(O)c(O)c1)C(=O)O. The number of esters is 1. The summed E-state index contributed by atoms with van der Waals surface area (Å²) < 4.78 is 5.38. The van der Waals surface area contributed by atoms with Crippen LogP contribution in [0.1, 0.15) is 29.3 Å². The monoisotopic (exact) mass is 359 g/mol. The lowest BCUT2D eigenvalue weighted by molar-refractivity contribution is -0.148. The van der Waals surface area contributed by atoms with E-state index in [-0.39, 0.29) is 24.3 Å². The molecule has 7 heteroatoms. The fourth-order valence-electron chi connectivity index (χ4n) is 2.67. The lowest BCUT2D eigenvalue weighted by Crippen LogP contribution is -2.60. The Morgan fingerprint density at radius 1 is 1.12 bits per heavy atom. The van der Waals surface area contributed by atoms with E-state index in [1.54, 1.807) is 37.3 Å². The van der Waals surface area contributed by atoms with Crippen LogP contribution in [0.2, 0.25) is 0 Å². The summed E-state index contributed by atoms with van der Waals surface area (Å²) >= 11 is 0. The van der Waals surface area contributed by atoms with Crippen LogP contribution in [0.15, 0.2) is 48.5 Å². The first-order valence-corrected chi connectivity index (χ1v) is 8.07. The number of hydrogen-bond donors (Lipinski definition) is 4. The number of rotatable bonds is 7. The van der Waals surface area contributed by atoms with E-state index in [1.165, 1.54) is 18.2 Å². The van der Waals surface area contributed by atoms with Crippen molar-refractivity contribution in [3.63, 3.8) is 0 Å². The van der Waals surface area contributed by atoms with Crippen molar-refractivity contribution >= 4 is 11.9 Å². The van der Waals surface area contributed by atoms with Crippen LogP contribution in [-0.4, -0.2) is 38.9 Å². The molecule has 0 fully saturated rings. The molecule has 5 N–H and O–H groups in total. The lowest BCUT2D eigenvalue weighted by Gasteiger charge is -2.32. The van der Waals surface area contributed by atoms with Crippen LogP contribution < -0.4 is 5.73 Å². The van der Waals surface area contributed by atoms with Gasteiger partial charge in [0.05, 0.1) is 5.56 Å². The second kappa shape index (κ2) is 7.88. The topological polar surface area (TPSA) is 130 Å². The highest BCUT2D eigenvalue weighted by atomic mass is 16.5. The number of carboxylic acid groups (broad SMARTS) is 1. The maximum atomic E-state index is 12.3. The Kier molecular flexibility index (Phi) is 5.84. The summed E-state index contributed by atoms with van der Waals surface area (Å²) in [5.74, 6) is -2.71.